The Kier molecular flexibility index (Phi) is 7.52. The summed E-state index contributed by atoms with van der Waals surface area (Å²) in [5.41, 5.74) is 5.78. The van der Waals surface area contributed by atoms with E-state index in [-0.39, 0.29) is 5.91 Å². The molecule has 0 bridgehead atoms. The lowest BCUT2D eigenvalue weighted by Gasteiger charge is -2.36. The van der Waals surface area contributed by atoms with Gasteiger partial charge in [-0.1, -0.05) is 33.1 Å². The van der Waals surface area contributed by atoms with Crippen molar-refractivity contribution in [1.82, 2.24) is 9.80 Å². The van der Waals surface area contributed by atoms with E-state index in [1.807, 2.05) is 4.90 Å². The van der Waals surface area contributed by atoms with Crippen molar-refractivity contribution in [2.24, 2.45) is 5.73 Å². The number of hydrogen-bond acceptors (Lipinski definition) is 3. The van der Waals surface area contributed by atoms with Crippen LogP contribution in [0.3, 0.4) is 0 Å². The fraction of sp³-hybridized carbons (Fsp3) is 0.938. The van der Waals surface area contributed by atoms with Gasteiger partial charge in [-0.3, -0.25) is 4.79 Å². The molecule has 0 aromatic carbocycles. The first-order valence-corrected chi connectivity index (χ1v) is 8.38. The topological polar surface area (TPSA) is 49.6 Å². The predicted octanol–water partition coefficient (Wildman–Crippen LogP) is 2.23. The number of hydrogen-bond donors (Lipinski definition) is 1. The molecule has 0 unspecified atom stereocenters. The van der Waals surface area contributed by atoms with Gasteiger partial charge in [0.25, 0.3) is 0 Å². The van der Waals surface area contributed by atoms with Crippen molar-refractivity contribution in [3.63, 3.8) is 0 Å². The molecular formula is C16H33N3O. The van der Waals surface area contributed by atoms with Gasteiger partial charge in [-0.05, 0) is 45.8 Å². The first-order chi connectivity index (χ1) is 9.57. The third-order valence-corrected chi connectivity index (χ3v) is 4.64. The highest BCUT2D eigenvalue weighted by Gasteiger charge is 2.37. The zero-order chi connectivity index (χ0) is 15.0. The lowest BCUT2D eigenvalue weighted by Crippen LogP contribution is -2.56. The Morgan fingerprint density at radius 1 is 1.00 bits per heavy atom. The fourth-order valence-electron chi connectivity index (χ4n) is 3.14. The van der Waals surface area contributed by atoms with Crippen molar-refractivity contribution in [3.8, 4) is 0 Å². The van der Waals surface area contributed by atoms with Gasteiger partial charge in [0.2, 0.25) is 5.91 Å². The molecule has 0 saturated heterocycles. The number of carbonyl (C=O) groups excluding carboxylic acids is 1. The lowest BCUT2D eigenvalue weighted by molar-refractivity contribution is -0.138. The van der Waals surface area contributed by atoms with Crippen LogP contribution in [0.5, 0.6) is 0 Å². The minimum Gasteiger partial charge on any atom is -0.341 e. The molecule has 1 saturated carbocycles. The molecular weight excluding hydrogens is 250 g/mol. The van der Waals surface area contributed by atoms with E-state index in [1.54, 1.807) is 0 Å². The highest BCUT2D eigenvalue weighted by Crippen LogP contribution is 2.27. The molecule has 0 aliphatic heterocycles. The van der Waals surface area contributed by atoms with Gasteiger partial charge in [-0.2, -0.15) is 0 Å². The average molecular weight is 283 g/mol. The van der Waals surface area contributed by atoms with E-state index >= 15 is 0 Å². The zero-order valence-electron chi connectivity index (χ0n) is 13.7. The number of nitrogens with two attached hydrogens (primary N) is 1. The molecule has 0 radical (unpaired) electrons. The first kappa shape index (κ1) is 17.4. The first-order valence-electron chi connectivity index (χ1n) is 8.38. The monoisotopic (exact) mass is 283 g/mol. The Balaban J connectivity index is 2.46. The van der Waals surface area contributed by atoms with Crippen LogP contribution < -0.4 is 5.73 Å². The predicted molar refractivity (Wildman–Crippen MR) is 84.7 cm³/mol. The molecule has 1 aliphatic rings. The summed E-state index contributed by atoms with van der Waals surface area (Å²) in [6.07, 6.45) is 6.17. The van der Waals surface area contributed by atoms with Crippen molar-refractivity contribution >= 4 is 5.91 Å². The molecule has 1 fully saturated rings. The number of carbonyl (C=O) groups is 1. The summed E-state index contributed by atoms with van der Waals surface area (Å²) in [7, 11) is 0. The van der Waals surface area contributed by atoms with E-state index in [0.29, 0.717) is 0 Å². The summed E-state index contributed by atoms with van der Waals surface area (Å²) in [5, 5.41) is 0. The van der Waals surface area contributed by atoms with Crippen LogP contribution in [0.2, 0.25) is 0 Å². The summed E-state index contributed by atoms with van der Waals surface area (Å²) in [5.74, 6) is 0.180. The number of amides is 1. The van der Waals surface area contributed by atoms with Crippen LogP contribution in [0.15, 0.2) is 0 Å². The third kappa shape index (κ3) is 4.74. The minimum atomic E-state index is -0.580. The van der Waals surface area contributed by atoms with Crippen molar-refractivity contribution in [3.05, 3.63) is 0 Å². The van der Waals surface area contributed by atoms with Gasteiger partial charge in [0.1, 0.15) is 0 Å². The van der Waals surface area contributed by atoms with E-state index in [2.05, 4.69) is 25.7 Å². The summed E-state index contributed by atoms with van der Waals surface area (Å²) in [6.45, 7) is 11.3. The molecule has 1 aliphatic carbocycles. The van der Waals surface area contributed by atoms with Gasteiger partial charge in [-0.15, -0.1) is 0 Å². The molecule has 1 amide bonds. The number of likely N-dealkylation sites (N-methyl/N-ethyl adjacent to an activating group) is 1. The van der Waals surface area contributed by atoms with E-state index in [0.717, 1.165) is 64.8 Å². The Morgan fingerprint density at radius 2 is 1.60 bits per heavy atom. The smallest absolute Gasteiger partial charge is 0.242 e. The van der Waals surface area contributed by atoms with Gasteiger partial charge >= 0.3 is 0 Å². The van der Waals surface area contributed by atoms with E-state index in [9.17, 15) is 4.79 Å². The maximum atomic E-state index is 12.7. The van der Waals surface area contributed by atoms with Crippen molar-refractivity contribution in [2.75, 3.05) is 32.7 Å². The van der Waals surface area contributed by atoms with Crippen molar-refractivity contribution in [2.45, 2.75) is 64.8 Å². The van der Waals surface area contributed by atoms with Gasteiger partial charge in [0, 0.05) is 13.1 Å². The van der Waals surface area contributed by atoms with Crippen LogP contribution in [0, 0.1) is 0 Å². The van der Waals surface area contributed by atoms with Crippen LogP contribution >= 0.6 is 0 Å². The second kappa shape index (κ2) is 8.63. The third-order valence-electron chi connectivity index (χ3n) is 4.64. The van der Waals surface area contributed by atoms with Crippen LogP contribution in [0.25, 0.3) is 0 Å². The van der Waals surface area contributed by atoms with E-state index in [4.69, 9.17) is 5.73 Å². The summed E-state index contributed by atoms with van der Waals surface area (Å²) in [6, 6.07) is 0. The minimum absolute atomic E-state index is 0.180. The summed E-state index contributed by atoms with van der Waals surface area (Å²) >= 11 is 0. The van der Waals surface area contributed by atoms with Gasteiger partial charge in [-0.25, -0.2) is 0 Å². The maximum Gasteiger partial charge on any atom is 0.242 e. The molecule has 0 aromatic rings. The second-order valence-corrected chi connectivity index (χ2v) is 5.98. The highest BCUT2D eigenvalue weighted by atomic mass is 16.2. The normalized spacial score (nSPS) is 18.2. The number of nitrogens with zero attached hydrogens (tertiary/aromatic N) is 2. The van der Waals surface area contributed by atoms with E-state index in [1.165, 1.54) is 6.42 Å². The molecule has 0 aromatic heterocycles. The Labute approximate surface area is 124 Å². The van der Waals surface area contributed by atoms with Gasteiger partial charge in [0.05, 0.1) is 5.54 Å². The van der Waals surface area contributed by atoms with Crippen molar-refractivity contribution in [1.29, 1.82) is 0 Å². The SMILES string of the molecule is CCN(CC)CCCN(CC)C(=O)C1(N)CCCCC1. The molecule has 118 valence electrons. The quantitative estimate of drug-likeness (QED) is 0.743. The molecule has 0 spiro atoms. The van der Waals surface area contributed by atoms with Crippen LogP contribution in [0.1, 0.15) is 59.3 Å². The molecule has 20 heavy (non-hydrogen) atoms. The van der Waals surface area contributed by atoms with Gasteiger partial charge in [0.15, 0.2) is 0 Å². The molecule has 2 N–H and O–H groups in total. The molecule has 0 atom stereocenters. The Morgan fingerprint density at radius 3 is 2.10 bits per heavy atom. The molecule has 0 heterocycles. The maximum absolute atomic E-state index is 12.7. The van der Waals surface area contributed by atoms with Crippen LogP contribution in [0.4, 0.5) is 0 Å². The molecule has 1 rings (SSSR count). The second-order valence-electron chi connectivity index (χ2n) is 5.98. The lowest BCUT2D eigenvalue weighted by atomic mass is 9.81. The summed E-state index contributed by atoms with van der Waals surface area (Å²) < 4.78 is 0. The van der Waals surface area contributed by atoms with E-state index < -0.39 is 5.54 Å². The van der Waals surface area contributed by atoms with Crippen molar-refractivity contribution < 1.29 is 4.79 Å². The fourth-order valence-corrected chi connectivity index (χ4v) is 3.14. The molecule has 4 nitrogen and oxygen atoms in total. The van der Waals surface area contributed by atoms with Gasteiger partial charge < -0.3 is 15.5 Å². The van der Waals surface area contributed by atoms with Crippen LogP contribution in [-0.2, 0) is 4.79 Å². The summed E-state index contributed by atoms with van der Waals surface area (Å²) in [4.78, 5) is 17.0. The van der Waals surface area contributed by atoms with Crippen LogP contribution in [-0.4, -0.2) is 54.0 Å². The zero-order valence-corrected chi connectivity index (χ0v) is 13.7. The average Bonchev–Trinajstić information content (AvgIpc) is 2.48. The number of rotatable bonds is 8. The highest BCUT2D eigenvalue weighted by molar-refractivity contribution is 5.86. The molecule has 4 heteroatoms. The Hall–Kier alpha value is -0.610. The Bertz CT molecular complexity index is 283. The standard InChI is InChI=1S/C16H33N3O/c1-4-18(5-2)13-10-14-19(6-3)15(20)16(17)11-8-7-9-12-16/h4-14,17H2,1-3H3. The largest absolute Gasteiger partial charge is 0.341 e.